The van der Waals surface area contributed by atoms with E-state index in [1.807, 2.05) is 24.4 Å². The van der Waals surface area contributed by atoms with Crippen molar-refractivity contribution in [2.45, 2.75) is 58.2 Å². The van der Waals surface area contributed by atoms with Gasteiger partial charge >= 0.3 is 11.8 Å². The van der Waals surface area contributed by atoms with Crippen molar-refractivity contribution in [3.05, 3.63) is 54.6 Å². The number of carbonyl (C=O) groups is 2. The van der Waals surface area contributed by atoms with Gasteiger partial charge in [0.15, 0.2) is 0 Å². The van der Waals surface area contributed by atoms with Gasteiger partial charge in [0.1, 0.15) is 12.5 Å². The molecular weight excluding hydrogens is 522 g/mol. The number of amides is 2. The number of piperidine rings is 1. The van der Waals surface area contributed by atoms with Crippen molar-refractivity contribution >= 4 is 53.1 Å². The second-order valence-corrected chi connectivity index (χ2v) is 17.5. The first-order chi connectivity index (χ1) is 19.1. The number of fused-ring (bicyclic) bond motifs is 2. The van der Waals surface area contributed by atoms with E-state index < -0.39 is 19.9 Å². The predicted octanol–water partition coefficient (Wildman–Crippen LogP) is 4.81. The summed E-state index contributed by atoms with van der Waals surface area (Å²) in [5.41, 5.74) is 8.06. The zero-order chi connectivity index (χ0) is 28.4. The SMILES string of the molecule is CC1CCC(c2ccc3cnccc3c2)N(C(=O)C(=O)Nc2cnc(N)c3cnn(COCC[Si](C)(C)C)c23)C1. The van der Waals surface area contributed by atoms with E-state index in [1.54, 1.807) is 22.0 Å². The molecule has 1 saturated heterocycles. The molecule has 11 heteroatoms. The number of nitrogen functional groups attached to an aromatic ring is 1. The summed E-state index contributed by atoms with van der Waals surface area (Å²) in [7, 11) is -1.24. The highest BCUT2D eigenvalue weighted by atomic mass is 28.3. The molecule has 4 aromatic rings. The average molecular weight is 560 g/mol. The van der Waals surface area contributed by atoms with Crippen LogP contribution in [-0.4, -0.2) is 57.7 Å². The van der Waals surface area contributed by atoms with Crippen LogP contribution in [0.4, 0.5) is 11.5 Å². The lowest BCUT2D eigenvalue weighted by Crippen LogP contribution is -2.46. The van der Waals surface area contributed by atoms with E-state index in [1.165, 1.54) is 6.20 Å². The largest absolute Gasteiger partial charge is 0.383 e. The van der Waals surface area contributed by atoms with Gasteiger partial charge in [-0.1, -0.05) is 38.7 Å². The Balaban J connectivity index is 1.37. The molecule has 0 spiro atoms. The lowest BCUT2D eigenvalue weighted by molar-refractivity contribution is -0.146. The zero-order valence-electron chi connectivity index (χ0n) is 23.6. The van der Waals surface area contributed by atoms with E-state index in [4.69, 9.17) is 10.5 Å². The second-order valence-electron chi connectivity index (χ2n) is 11.9. The highest BCUT2D eigenvalue weighted by Gasteiger charge is 2.34. The van der Waals surface area contributed by atoms with Crippen molar-refractivity contribution in [3.63, 3.8) is 0 Å². The quantitative estimate of drug-likeness (QED) is 0.189. The Kier molecular flexibility index (Phi) is 7.86. The van der Waals surface area contributed by atoms with Crippen molar-refractivity contribution in [2.24, 2.45) is 5.92 Å². The fourth-order valence-corrected chi connectivity index (χ4v) is 5.94. The van der Waals surface area contributed by atoms with Crippen LogP contribution in [0.3, 0.4) is 0 Å². The molecule has 2 atom stereocenters. The number of carbonyl (C=O) groups excluding carboxylic acids is 2. The molecule has 3 N–H and O–H groups in total. The Morgan fingerprint density at radius 3 is 2.75 bits per heavy atom. The van der Waals surface area contributed by atoms with Crippen molar-refractivity contribution in [3.8, 4) is 0 Å². The van der Waals surface area contributed by atoms with Crippen LogP contribution in [0.2, 0.25) is 25.7 Å². The summed E-state index contributed by atoms with van der Waals surface area (Å²) < 4.78 is 7.54. The minimum absolute atomic E-state index is 0.193. The summed E-state index contributed by atoms with van der Waals surface area (Å²) in [6, 6.07) is 8.92. The summed E-state index contributed by atoms with van der Waals surface area (Å²) >= 11 is 0. The minimum Gasteiger partial charge on any atom is -0.383 e. The summed E-state index contributed by atoms with van der Waals surface area (Å²) in [6.07, 6.45) is 8.41. The summed E-state index contributed by atoms with van der Waals surface area (Å²) in [5, 5.41) is 9.89. The van der Waals surface area contributed by atoms with E-state index in [-0.39, 0.29) is 18.7 Å². The molecule has 40 heavy (non-hydrogen) atoms. The lowest BCUT2D eigenvalue weighted by Gasteiger charge is -2.38. The van der Waals surface area contributed by atoms with E-state index in [2.05, 4.69) is 53.0 Å². The molecule has 0 saturated carbocycles. The predicted molar refractivity (Wildman–Crippen MR) is 159 cm³/mol. The molecule has 10 nitrogen and oxygen atoms in total. The van der Waals surface area contributed by atoms with Crippen molar-refractivity contribution in [1.29, 1.82) is 0 Å². The fraction of sp³-hybridized carbons (Fsp3) is 0.414. The fourth-order valence-electron chi connectivity index (χ4n) is 5.18. The number of nitrogens with two attached hydrogens (primary N) is 1. The van der Waals surface area contributed by atoms with Crippen molar-refractivity contribution in [2.75, 3.05) is 24.2 Å². The number of nitrogens with zero attached hydrogens (tertiary/aromatic N) is 5. The molecule has 2 amide bonds. The molecule has 5 rings (SSSR count). The third kappa shape index (κ3) is 6.00. The van der Waals surface area contributed by atoms with Gasteiger partial charge in [-0.25, -0.2) is 9.67 Å². The van der Waals surface area contributed by atoms with Gasteiger partial charge in [-0.05, 0) is 47.9 Å². The van der Waals surface area contributed by atoms with Crippen LogP contribution < -0.4 is 11.1 Å². The standard InChI is InChI=1S/C29H37N7O3Si/c1-19-5-8-25(21-6-7-22-14-31-10-9-20(22)13-21)35(17-19)29(38)28(37)34-24-16-32-27(30)23-15-33-36(26(23)24)18-39-11-12-40(2,3)4/h6-7,9-10,13-16,19,25H,5,8,11-12,17-18H2,1-4H3,(H2,30,32)(H,34,37). The molecule has 4 heterocycles. The molecule has 210 valence electrons. The van der Waals surface area contributed by atoms with E-state index in [0.29, 0.717) is 35.6 Å². The number of likely N-dealkylation sites (tertiary alicyclic amines) is 1. The van der Waals surface area contributed by atoms with Gasteiger partial charge in [-0.15, -0.1) is 0 Å². The third-order valence-electron chi connectivity index (χ3n) is 7.48. The molecule has 0 aliphatic carbocycles. The number of hydrogen-bond donors (Lipinski definition) is 2. The molecule has 3 aromatic heterocycles. The van der Waals surface area contributed by atoms with Gasteiger partial charge in [0.2, 0.25) is 0 Å². The van der Waals surface area contributed by atoms with Crippen molar-refractivity contribution in [1.82, 2.24) is 24.6 Å². The first kappa shape index (κ1) is 27.7. The third-order valence-corrected chi connectivity index (χ3v) is 9.19. The number of ether oxygens (including phenoxy) is 1. The number of anilines is 2. The first-order valence-corrected chi connectivity index (χ1v) is 17.4. The van der Waals surface area contributed by atoms with Gasteiger partial charge in [0, 0.05) is 39.0 Å². The van der Waals surface area contributed by atoms with Crippen LogP contribution in [0.15, 0.2) is 49.1 Å². The topological polar surface area (TPSA) is 128 Å². The molecule has 1 aromatic carbocycles. The number of rotatable bonds is 7. The van der Waals surface area contributed by atoms with Crippen LogP contribution in [-0.2, 0) is 21.1 Å². The van der Waals surface area contributed by atoms with Crippen LogP contribution in [0.5, 0.6) is 0 Å². The lowest BCUT2D eigenvalue weighted by atomic mass is 9.89. The zero-order valence-corrected chi connectivity index (χ0v) is 24.6. The molecular formula is C29H37N7O3Si. The number of pyridine rings is 2. The minimum atomic E-state index is -1.24. The highest BCUT2D eigenvalue weighted by molar-refractivity contribution is 6.76. The van der Waals surface area contributed by atoms with Crippen LogP contribution in [0, 0.1) is 5.92 Å². The van der Waals surface area contributed by atoms with Crippen LogP contribution in [0.1, 0.15) is 31.4 Å². The molecule has 0 radical (unpaired) electrons. The maximum absolute atomic E-state index is 13.6. The van der Waals surface area contributed by atoms with Crippen LogP contribution in [0.25, 0.3) is 21.7 Å². The Morgan fingerprint density at radius 2 is 1.95 bits per heavy atom. The molecule has 1 fully saturated rings. The van der Waals surface area contributed by atoms with Crippen molar-refractivity contribution < 1.29 is 14.3 Å². The van der Waals surface area contributed by atoms with Gasteiger partial charge < -0.3 is 20.7 Å². The normalized spacial score (nSPS) is 17.9. The Morgan fingerprint density at radius 1 is 1.12 bits per heavy atom. The van der Waals surface area contributed by atoms with E-state index in [0.717, 1.165) is 35.2 Å². The average Bonchev–Trinajstić information content (AvgIpc) is 3.36. The summed E-state index contributed by atoms with van der Waals surface area (Å²) in [4.78, 5) is 37.2. The Hall–Kier alpha value is -3.83. The van der Waals surface area contributed by atoms with Gasteiger partial charge in [0.25, 0.3) is 0 Å². The van der Waals surface area contributed by atoms with Gasteiger partial charge in [-0.3, -0.25) is 14.6 Å². The molecule has 0 bridgehead atoms. The first-order valence-electron chi connectivity index (χ1n) is 13.7. The maximum Gasteiger partial charge on any atom is 0.314 e. The van der Waals surface area contributed by atoms with Gasteiger partial charge in [0.05, 0.1) is 35.0 Å². The Bertz CT molecular complexity index is 1550. The molecule has 1 aliphatic rings. The molecule has 2 unspecified atom stereocenters. The van der Waals surface area contributed by atoms with Gasteiger partial charge in [-0.2, -0.15) is 5.10 Å². The maximum atomic E-state index is 13.6. The number of nitrogens with one attached hydrogen (secondary N) is 1. The Labute approximate surface area is 234 Å². The second kappa shape index (κ2) is 11.3. The number of hydrogen-bond acceptors (Lipinski definition) is 7. The summed E-state index contributed by atoms with van der Waals surface area (Å²) in [5.74, 6) is -0.709. The highest BCUT2D eigenvalue weighted by Crippen LogP contribution is 2.35. The summed E-state index contributed by atoms with van der Waals surface area (Å²) in [6.45, 7) is 10.3. The van der Waals surface area contributed by atoms with E-state index in [9.17, 15) is 9.59 Å². The van der Waals surface area contributed by atoms with Crippen LogP contribution >= 0.6 is 0 Å². The number of benzene rings is 1. The molecule has 1 aliphatic heterocycles. The van der Waals surface area contributed by atoms with E-state index >= 15 is 0 Å². The smallest absolute Gasteiger partial charge is 0.314 e. The number of aromatic nitrogens is 4. The monoisotopic (exact) mass is 559 g/mol.